The minimum Gasteiger partial charge on any atom is -0.334 e. The maximum Gasteiger partial charge on any atom is 0.267 e. The lowest BCUT2D eigenvalue weighted by atomic mass is 10.1. The van der Waals surface area contributed by atoms with E-state index in [1.165, 1.54) is 0 Å². The van der Waals surface area contributed by atoms with E-state index in [1.807, 2.05) is 6.92 Å². The summed E-state index contributed by atoms with van der Waals surface area (Å²) in [5, 5.41) is 3.98. The number of amides is 1. The molecule has 21 heavy (non-hydrogen) atoms. The molecule has 6 nitrogen and oxygen atoms in total. The minimum absolute atomic E-state index is 0.0795. The predicted octanol–water partition coefficient (Wildman–Crippen LogP) is 1.53. The second-order valence-corrected chi connectivity index (χ2v) is 8.29. The SMILES string of the molecule is CCCCN(C(=O)c1snnc1CC)C1CCS(=O)(=O)C1. The number of aryl methyl sites for hydroxylation is 1. The van der Waals surface area contributed by atoms with E-state index in [-0.39, 0.29) is 23.5 Å². The Hall–Kier alpha value is -1.02. The molecule has 8 heteroatoms. The molecule has 0 spiro atoms. The summed E-state index contributed by atoms with van der Waals surface area (Å²) in [4.78, 5) is 15.0. The summed E-state index contributed by atoms with van der Waals surface area (Å²) < 4.78 is 27.2. The van der Waals surface area contributed by atoms with E-state index >= 15 is 0 Å². The number of hydrogen-bond donors (Lipinski definition) is 0. The Kier molecular flexibility index (Phi) is 5.32. The molecule has 1 atom stereocenters. The van der Waals surface area contributed by atoms with E-state index < -0.39 is 9.84 Å². The Labute approximate surface area is 129 Å². The Balaban J connectivity index is 2.21. The largest absolute Gasteiger partial charge is 0.334 e. The lowest BCUT2D eigenvalue weighted by Crippen LogP contribution is -2.41. The van der Waals surface area contributed by atoms with E-state index in [4.69, 9.17) is 0 Å². The molecule has 1 amide bonds. The molecule has 1 unspecified atom stereocenters. The second-order valence-electron chi connectivity index (χ2n) is 5.31. The van der Waals surface area contributed by atoms with Crippen LogP contribution in [-0.2, 0) is 16.3 Å². The number of carbonyl (C=O) groups excluding carboxylic acids is 1. The number of sulfone groups is 1. The highest BCUT2D eigenvalue weighted by Crippen LogP contribution is 2.23. The first-order valence-corrected chi connectivity index (χ1v) is 9.90. The van der Waals surface area contributed by atoms with Gasteiger partial charge < -0.3 is 4.90 Å². The van der Waals surface area contributed by atoms with Gasteiger partial charge in [-0.1, -0.05) is 24.8 Å². The van der Waals surface area contributed by atoms with Crippen LogP contribution in [0.2, 0.25) is 0 Å². The lowest BCUT2D eigenvalue weighted by Gasteiger charge is -2.27. The fourth-order valence-electron chi connectivity index (χ4n) is 2.53. The highest BCUT2D eigenvalue weighted by atomic mass is 32.2. The number of aromatic nitrogens is 2. The van der Waals surface area contributed by atoms with Gasteiger partial charge in [0.15, 0.2) is 9.84 Å². The Bertz CT molecular complexity index is 598. The van der Waals surface area contributed by atoms with Gasteiger partial charge in [0.1, 0.15) is 4.88 Å². The zero-order valence-electron chi connectivity index (χ0n) is 12.4. The van der Waals surface area contributed by atoms with Crippen LogP contribution >= 0.6 is 11.5 Å². The Morgan fingerprint density at radius 3 is 2.76 bits per heavy atom. The summed E-state index contributed by atoms with van der Waals surface area (Å²) in [7, 11) is -3.01. The van der Waals surface area contributed by atoms with Crippen LogP contribution in [0, 0.1) is 0 Å². The van der Waals surface area contributed by atoms with E-state index in [9.17, 15) is 13.2 Å². The Morgan fingerprint density at radius 2 is 2.19 bits per heavy atom. The third kappa shape index (κ3) is 3.79. The third-order valence-electron chi connectivity index (χ3n) is 3.75. The molecule has 0 bridgehead atoms. The molecule has 0 aliphatic carbocycles. The van der Waals surface area contributed by atoms with Crippen molar-refractivity contribution in [1.29, 1.82) is 0 Å². The minimum atomic E-state index is -3.01. The van der Waals surface area contributed by atoms with Gasteiger partial charge in [-0.3, -0.25) is 4.79 Å². The van der Waals surface area contributed by atoms with Crippen LogP contribution in [0.1, 0.15) is 48.5 Å². The van der Waals surface area contributed by atoms with Crippen LogP contribution in [0.4, 0.5) is 0 Å². The van der Waals surface area contributed by atoms with E-state index in [2.05, 4.69) is 16.5 Å². The molecule has 0 aromatic carbocycles. The fourth-order valence-corrected chi connectivity index (χ4v) is 4.97. The van der Waals surface area contributed by atoms with Crippen molar-refractivity contribution < 1.29 is 13.2 Å². The van der Waals surface area contributed by atoms with Crippen LogP contribution in [-0.4, -0.2) is 52.9 Å². The molecule has 0 saturated carbocycles. The van der Waals surface area contributed by atoms with Crippen LogP contribution < -0.4 is 0 Å². The van der Waals surface area contributed by atoms with Gasteiger partial charge in [-0.15, -0.1) is 5.10 Å². The van der Waals surface area contributed by atoms with Crippen molar-refractivity contribution in [3.8, 4) is 0 Å². The predicted molar refractivity (Wildman–Crippen MR) is 82.3 cm³/mol. The van der Waals surface area contributed by atoms with Crippen molar-refractivity contribution in [2.45, 2.75) is 45.6 Å². The molecular formula is C13H21N3O3S2. The maximum absolute atomic E-state index is 12.8. The van der Waals surface area contributed by atoms with Gasteiger partial charge in [-0.2, -0.15) is 0 Å². The molecule has 1 aromatic heterocycles. The van der Waals surface area contributed by atoms with Crippen LogP contribution in [0.15, 0.2) is 0 Å². The van der Waals surface area contributed by atoms with Crippen LogP contribution in [0.25, 0.3) is 0 Å². The normalized spacial score (nSPS) is 20.6. The van der Waals surface area contributed by atoms with Crippen molar-refractivity contribution in [1.82, 2.24) is 14.5 Å². The van der Waals surface area contributed by atoms with Crippen molar-refractivity contribution in [2.75, 3.05) is 18.1 Å². The topological polar surface area (TPSA) is 80.2 Å². The zero-order valence-corrected chi connectivity index (χ0v) is 14.0. The summed E-state index contributed by atoms with van der Waals surface area (Å²) >= 11 is 1.10. The van der Waals surface area contributed by atoms with Crippen molar-refractivity contribution in [2.24, 2.45) is 0 Å². The number of unbranched alkanes of at least 4 members (excludes halogenated alkanes) is 1. The van der Waals surface area contributed by atoms with E-state index in [0.717, 1.165) is 24.4 Å². The van der Waals surface area contributed by atoms with Crippen molar-refractivity contribution >= 4 is 27.3 Å². The summed E-state index contributed by atoms with van der Waals surface area (Å²) in [6, 6.07) is -0.208. The van der Waals surface area contributed by atoms with Gasteiger partial charge in [0.05, 0.1) is 17.2 Å². The standard InChI is InChI=1S/C13H21N3O3S2/c1-3-5-7-16(10-6-8-21(18,19)9-10)13(17)12-11(4-2)14-15-20-12/h10H,3-9H2,1-2H3. The molecule has 118 valence electrons. The van der Waals surface area contributed by atoms with Gasteiger partial charge in [0.25, 0.3) is 5.91 Å². The molecule has 1 aliphatic rings. The number of carbonyl (C=O) groups is 1. The van der Waals surface area contributed by atoms with Gasteiger partial charge in [0, 0.05) is 12.6 Å². The van der Waals surface area contributed by atoms with Gasteiger partial charge >= 0.3 is 0 Å². The van der Waals surface area contributed by atoms with Gasteiger partial charge in [-0.05, 0) is 30.8 Å². The zero-order chi connectivity index (χ0) is 15.5. The summed E-state index contributed by atoms with van der Waals surface area (Å²) in [5.41, 5.74) is 0.701. The first-order chi connectivity index (χ1) is 9.98. The Morgan fingerprint density at radius 1 is 1.43 bits per heavy atom. The second kappa shape index (κ2) is 6.83. The average Bonchev–Trinajstić information content (AvgIpc) is 3.05. The third-order valence-corrected chi connectivity index (χ3v) is 6.25. The van der Waals surface area contributed by atoms with Crippen molar-refractivity contribution in [3.63, 3.8) is 0 Å². The number of nitrogens with zero attached hydrogens (tertiary/aromatic N) is 3. The molecule has 0 N–H and O–H groups in total. The summed E-state index contributed by atoms with van der Waals surface area (Å²) in [6.07, 6.45) is 3.02. The first-order valence-electron chi connectivity index (χ1n) is 7.31. The highest BCUT2D eigenvalue weighted by Gasteiger charge is 2.35. The molecule has 1 aromatic rings. The van der Waals surface area contributed by atoms with E-state index in [0.29, 0.717) is 30.0 Å². The monoisotopic (exact) mass is 331 g/mol. The quantitative estimate of drug-likeness (QED) is 0.790. The van der Waals surface area contributed by atoms with E-state index in [1.54, 1.807) is 4.90 Å². The number of hydrogen-bond acceptors (Lipinski definition) is 6. The molecule has 1 fully saturated rings. The summed E-state index contributed by atoms with van der Waals surface area (Å²) in [5.74, 6) is 0.142. The number of rotatable bonds is 6. The van der Waals surface area contributed by atoms with Gasteiger partial charge in [0.2, 0.25) is 0 Å². The highest BCUT2D eigenvalue weighted by molar-refractivity contribution is 7.91. The average molecular weight is 331 g/mol. The van der Waals surface area contributed by atoms with Gasteiger partial charge in [-0.25, -0.2) is 8.42 Å². The molecular weight excluding hydrogens is 310 g/mol. The molecule has 0 radical (unpaired) electrons. The van der Waals surface area contributed by atoms with Crippen LogP contribution in [0.5, 0.6) is 0 Å². The molecule has 1 saturated heterocycles. The fraction of sp³-hybridized carbons (Fsp3) is 0.769. The maximum atomic E-state index is 12.8. The first kappa shape index (κ1) is 16.4. The molecule has 1 aliphatic heterocycles. The van der Waals surface area contributed by atoms with Crippen LogP contribution in [0.3, 0.4) is 0 Å². The molecule has 2 rings (SSSR count). The lowest BCUT2D eigenvalue weighted by molar-refractivity contribution is 0.0698. The molecule has 2 heterocycles. The summed E-state index contributed by atoms with van der Waals surface area (Å²) in [6.45, 7) is 4.58. The smallest absolute Gasteiger partial charge is 0.267 e. The van der Waals surface area contributed by atoms with Crippen molar-refractivity contribution in [3.05, 3.63) is 10.6 Å².